The molecule has 0 heterocycles. The summed E-state index contributed by atoms with van der Waals surface area (Å²) in [6, 6.07) is 3.38. The number of halogens is 3. The SMILES string of the molecule is CCOC(=O)c1cc(C#N)cc(C=O)c1OC(F)(F)F. The van der Waals surface area contributed by atoms with Crippen LogP contribution in [0.15, 0.2) is 12.1 Å². The predicted molar refractivity (Wildman–Crippen MR) is 59.2 cm³/mol. The summed E-state index contributed by atoms with van der Waals surface area (Å²) in [6.45, 7) is 1.37. The van der Waals surface area contributed by atoms with E-state index in [2.05, 4.69) is 9.47 Å². The molecule has 1 rings (SSSR count). The molecular weight excluding hydrogens is 279 g/mol. The Hall–Kier alpha value is -2.56. The average molecular weight is 287 g/mol. The molecule has 0 radical (unpaired) electrons. The lowest BCUT2D eigenvalue weighted by molar-refractivity contribution is -0.274. The number of nitrogens with zero attached hydrogens (tertiary/aromatic N) is 1. The van der Waals surface area contributed by atoms with Crippen molar-refractivity contribution in [1.29, 1.82) is 5.26 Å². The van der Waals surface area contributed by atoms with Crippen LogP contribution in [0.2, 0.25) is 0 Å². The van der Waals surface area contributed by atoms with Gasteiger partial charge in [-0.2, -0.15) is 5.26 Å². The van der Waals surface area contributed by atoms with Crippen molar-refractivity contribution in [3.63, 3.8) is 0 Å². The van der Waals surface area contributed by atoms with Crippen LogP contribution in [-0.4, -0.2) is 25.2 Å². The summed E-state index contributed by atoms with van der Waals surface area (Å²) >= 11 is 0. The van der Waals surface area contributed by atoms with Crippen LogP contribution in [0.3, 0.4) is 0 Å². The van der Waals surface area contributed by atoms with Gasteiger partial charge in [-0.25, -0.2) is 4.79 Å². The van der Waals surface area contributed by atoms with Crippen molar-refractivity contribution >= 4 is 12.3 Å². The molecule has 5 nitrogen and oxygen atoms in total. The second-order valence-electron chi connectivity index (χ2n) is 3.44. The molecule has 20 heavy (non-hydrogen) atoms. The van der Waals surface area contributed by atoms with E-state index in [1.54, 1.807) is 6.07 Å². The van der Waals surface area contributed by atoms with Crippen molar-refractivity contribution in [1.82, 2.24) is 0 Å². The first-order valence-electron chi connectivity index (χ1n) is 5.28. The van der Waals surface area contributed by atoms with E-state index in [1.807, 2.05) is 0 Å². The van der Waals surface area contributed by atoms with Gasteiger partial charge in [-0.1, -0.05) is 0 Å². The third-order valence-electron chi connectivity index (χ3n) is 2.09. The Bertz CT molecular complexity index is 575. The molecule has 0 spiro atoms. The summed E-state index contributed by atoms with van der Waals surface area (Å²) in [5, 5.41) is 8.74. The highest BCUT2D eigenvalue weighted by Crippen LogP contribution is 2.31. The number of esters is 1. The van der Waals surface area contributed by atoms with Crippen molar-refractivity contribution in [2.45, 2.75) is 13.3 Å². The Labute approximate surface area is 111 Å². The van der Waals surface area contributed by atoms with Crippen LogP contribution in [0.25, 0.3) is 0 Å². The maximum absolute atomic E-state index is 12.3. The molecule has 0 unspecified atom stereocenters. The summed E-state index contributed by atoms with van der Waals surface area (Å²) in [6.07, 6.45) is -5.03. The van der Waals surface area contributed by atoms with Gasteiger partial charge in [0.05, 0.1) is 23.8 Å². The van der Waals surface area contributed by atoms with Gasteiger partial charge in [0, 0.05) is 0 Å². The minimum absolute atomic E-state index is 0.0602. The van der Waals surface area contributed by atoms with Crippen LogP contribution in [0.4, 0.5) is 13.2 Å². The Kier molecular flexibility index (Phi) is 4.69. The van der Waals surface area contributed by atoms with E-state index < -0.39 is 29.2 Å². The Morgan fingerprint density at radius 1 is 1.45 bits per heavy atom. The monoisotopic (exact) mass is 287 g/mol. The van der Waals surface area contributed by atoms with E-state index in [9.17, 15) is 22.8 Å². The Morgan fingerprint density at radius 3 is 2.55 bits per heavy atom. The van der Waals surface area contributed by atoms with Crippen molar-refractivity contribution in [2.24, 2.45) is 0 Å². The number of ether oxygens (including phenoxy) is 2. The van der Waals surface area contributed by atoms with Crippen molar-refractivity contribution < 1.29 is 32.2 Å². The van der Waals surface area contributed by atoms with Gasteiger partial charge in [-0.3, -0.25) is 4.79 Å². The Morgan fingerprint density at radius 2 is 2.10 bits per heavy atom. The molecular formula is C12H8F3NO4. The van der Waals surface area contributed by atoms with Crippen LogP contribution >= 0.6 is 0 Å². The fraction of sp³-hybridized carbons (Fsp3) is 0.250. The first-order valence-corrected chi connectivity index (χ1v) is 5.28. The van der Waals surface area contributed by atoms with Gasteiger partial charge in [0.15, 0.2) is 12.0 Å². The maximum Gasteiger partial charge on any atom is 0.573 e. The van der Waals surface area contributed by atoms with E-state index in [1.165, 1.54) is 6.92 Å². The van der Waals surface area contributed by atoms with Gasteiger partial charge in [0.2, 0.25) is 0 Å². The second kappa shape index (κ2) is 6.06. The molecule has 0 N–H and O–H groups in total. The Balaban J connectivity index is 3.47. The minimum atomic E-state index is -5.09. The molecule has 0 atom stereocenters. The van der Waals surface area contributed by atoms with Crippen molar-refractivity contribution in [2.75, 3.05) is 6.61 Å². The van der Waals surface area contributed by atoms with Crippen LogP contribution in [-0.2, 0) is 4.74 Å². The molecule has 0 aliphatic carbocycles. The molecule has 0 saturated carbocycles. The molecule has 0 amide bonds. The summed E-state index contributed by atoms with van der Waals surface area (Å²) in [4.78, 5) is 22.4. The van der Waals surface area contributed by atoms with Crippen LogP contribution < -0.4 is 4.74 Å². The van der Waals surface area contributed by atoms with E-state index in [0.29, 0.717) is 0 Å². The van der Waals surface area contributed by atoms with Gasteiger partial charge >= 0.3 is 12.3 Å². The predicted octanol–water partition coefficient (Wildman–Crippen LogP) is 2.45. The molecule has 0 aliphatic heterocycles. The highest BCUT2D eigenvalue weighted by Gasteiger charge is 2.35. The first-order chi connectivity index (χ1) is 9.32. The summed E-state index contributed by atoms with van der Waals surface area (Å²) < 4.78 is 45.2. The molecule has 8 heteroatoms. The number of alkyl halides is 3. The molecule has 0 fully saturated rings. The molecule has 0 aliphatic rings. The molecule has 1 aromatic carbocycles. The lowest BCUT2D eigenvalue weighted by Gasteiger charge is -2.14. The summed E-state index contributed by atoms with van der Waals surface area (Å²) in [5.74, 6) is -2.10. The third-order valence-corrected chi connectivity index (χ3v) is 2.09. The van der Waals surface area contributed by atoms with Crippen LogP contribution in [0.1, 0.15) is 33.2 Å². The van der Waals surface area contributed by atoms with E-state index in [4.69, 9.17) is 5.26 Å². The number of carbonyl (C=O) groups excluding carboxylic acids is 2. The number of rotatable bonds is 4. The van der Waals surface area contributed by atoms with Gasteiger partial charge in [-0.15, -0.1) is 13.2 Å². The van der Waals surface area contributed by atoms with Gasteiger partial charge in [0.1, 0.15) is 5.56 Å². The third kappa shape index (κ3) is 3.71. The first kappa shape index (κ1) is 15.5. The topological polar surface area (TPSA) is 76.4 Å². The quantitative estimate of drug-likeness (QED) is 0.628. The number of benzene rings is 1. The maximum atomic E-state index is 12.3. The zero-order valence-electron chi connectivity index (χ0n) is 10.2. The number of carbonyl (C=O) groups is 2. The second-order valence-corrected chi connectivity index (χ2v) is 3.44. The van der Waals surface area contributed by atoms with Gasteiger partial charge in [-0.05, 0) is 19.1 Å². The van der Waals surface area contributed by atoms with Crippen LogP contribution in [0.5, 0.6) is 5.75 Å². The van der Waals surface area contributed by atoms with Crippen molar-refractivity contribution in [3.8, 4) is 11.8 Å². The number of aldehydes is 1. The highest BCUT2D eigenvalue weighted by molar-refractivity contribution is 5.97. The zero-order chi connectivity index (χ0) is 15.3. The summed E-state index contributed by atoms with van der Waals surface area (Å²) in [7, 11) is 0. The molecule has 106 valence electrons. The van der Waals surface area contributed by atoms with E-state index in [0.717, 1.165) is 12.1 Å². The molecule has 0 bridgehead atoms. The lowest BCUT2D eigenvalue weighted by Crippen LogP contribution is -2.21. The number of hydrogen-bond acceptors (Lipinski definition) is 5. The average Bonchev–Trinajstić information content (AvgIpc) is 2.37. The smallest absolute Gasteiger partial charge is 0.462 e. The largest absolute Gasteiger partial charge is 0.573 e. The minimum Gasteiger partial charge on any atom is -0.462 e. The number of nitriles is 1. The molecule has 0 aromatic heterocycles. The van der Waals surface area contributed by atoms with Gasteiger partial charge in [0.25, 0.3) is 0 Å². The highest BCUT2D eigenvalue weighted by atomic mass is 19.4. The molecule has 0 saturated heterocycles. The fourth-order valence-electron chi connectivity index (χ4n) is 1.39. The lowest BCUT2D eigenvalue weighted by atomic mass is 10.1. The van der Waals surface area contributed by atoms with Crippen molar-refractivity contribution in [3.05, 3.63) is 28.8 Å². The molecule has 1 aromatic rings. The van der Waals surface area contributed by atoms with E-state index >= 15 is 0 Å². The zero-order valence-corrected chi connectivity index (χ0v) is 10.2. The van der Waals surface area contributed by atoms with Gasteiger partial charge < -0.3 is 9.47 Å². The van der Waals surface area contributed by atoms with Crippen LogP contribution in [0, 0.1) is 11.3 Å². The standard InChI is InChI=1S/C12H8F3NO4/c1-2-19-11(18)9-4-7(5-16)3-8(6-17)10(9)20-12(13,14)15/h3-4,6H,2H2,1H3. The van der Waals surface area contributed by atoms with E-state index in [-0.39, 0.29) is 18.5 Å². The summed E-state index contributed by atoms with van der Waals surface area (Å²) in [5.41, 5.74) is -1.36. The fourth-order valence-corrected chi connectivity index (χ4v) is 1.39. The normalized spacial score (nSPS) is 10.6. The number of hydrogen-bond donors (Lipinski definition) is 0.